The van der Waals surface area contributed by atoms with Gasteiger partial charge >= 0.3 is 0 Å². The maximum absolute atomic E-state index is 9.68. The van der Waals surface area contributed by atoms with Gasteiger partial charge in [-0.2, -0.15) is 5.26 Å². The summed E-state index contributed by atoms with van der Waals surface area (Å²) in [7, 11) is 4.50. The third-order valence-corrected chi connectivity index (χ3v) is 5.49. The summed E-state index contributed by atoms with van der Waals surface area (Å²) in [4.78, 5) is 5.01. The summed E-state index contributed by atoms with van der Waals surface area (Å²) in [5.41, 5.74) is -0.279. The molecule has 2 aliphatic rings. The van der Waals surface area contributed by atoms with E-state index < -0.39 is 0 Å². The molecule has 120 valence electrons. The second-order valence-electron chi connectivity index (χ2n) is 7.07. The molecular weight excluding hydrogens is 260 g/mol. The molecule has 0 radical (unpaired) electrons. The van der Waals surface area contributed by atoms with Crippen LogP contribution in [0.4, 0.5) is 0 Å². The van der Waals surface area contributed by atoms with E-state index >= 15 is 0 Å². The number of nitrogens with zero attached hydrogens (tertiary/aromatic N) is 3. The second kappa shape index (κ2) is 7.58. The van der Waals surface area contributed by atoms with Crippen molar-refractivity contribution in [2.75, 3.05) is 33.7 Å². The van der Waals surface area contributed by atoms with Crippen LogP contribution in [-0.2, 0) is 0 Å². The third kappa shape index (κ3) is 4.18. The topological polar surface area (TPSA) is 42.3 Å². The van der Waals surface area contributed by atoms with Crippen LogP contribution in [0.15, 0.2) is 0 Å². The number of hydrogen-bond donors (Lipinski definition) is 1. The average molecular weight is 292 g/mol. The quantitative estimate of drug-likeness (QED) is 0.844. The van der Waals surface area contributed by atoms with Gasteiger partial charge in [0.15, 0.2) is 0 Å². The summed E-state index contributed by atoms with van der Waals surface area (Å²) in [5, 5.41) is 13.2. The van der Waals surface area contributed by atoms with Crippen LogP contribution in [0.2, 0.25) is 0 Å². The normalized spacial score (nSPS) is 32.2. The Hall–Kier alpha value is -0.630. The first-order valence-corrected chi connectivity index (χ1v) is 8.67. The summed E-state index contributed by atoms with van der Waals surface area (Å²) in [6, 6.07) is 3.87. The molecule has 2 rings (SSSR count). The van der Waals surface area contributed by atoms with Gasteiger partial charge in [-0.25, -0.2) is 0 Å². The summed E-state index contributed by atoms with van der Waals surface area (Å²) < 4.78 is 0. The minimum Gasteiger partial charge on any atom is -0.306 e. The maximum atomic E-state index is 9.68. The molecule has 21 heavy (non-hydrogen) atoms. The minimum atomic E-state index is -0.279. The van der Waals surface area contributed by atoms with Gasteiger partial charge in [-0.1, -0.05) is 6.92 Å². The molecule has 1 N–H and O–H groups in total. The molecular formula is C17H32N4. The molecule has 0 spiro atoms. The highest BCUT2D eigenvalue weighted by atomic mass is 15.2. The Kier molecular flexibility index (Phi) is 6.04. The van der Waals surface area contributed by atoms with Crippen molar-refractivity contribution in [1.29, 1.82) is 5.26 Å². The van der Waals surface area contributed by atoms with Crippen LogP contribution in [0.25, 0.3) is 0 Å². The van der Waals surface area contributed by atoms with E-state index in [0.717, 1.165) is 25.8 Å². The Balaban J connectivity index is 1.94. The number of piperidine rings is 1. The third-order valence-electron chi connectivity index (χ3n) is 5.49. The largest absolute Gasteiger partial charge is 0.306 e. The van der Waals surface area contributed by atoms with E-state index in [1.54, 1.807) is 0 Å². The van der Waals surface area contributed by atoms with Crippen molar-refractivity contribution in [3.05, 3.63) is 0 Å². The molecule has 0 aromatic rings. The van der Waals surface area contributed by atoms with Gasteiger partial charge in [0.1, 0.15) is 5.54 Å². The lowest BCUT2D eigenvalue weighted by Crippen LogP contribution is -2.55. The Bertz CT molecular complexity index is 356. The summed E-state index contributed by atoms with van der Waals surface area (Å²) >= 11 is 0. The minimum absolute atomic E-state index is 0.279. The van der Waals surface area contributed by atoms with Crippen molar-refractivity contribution < 1.29 is 0 Å². The van der Waals surface area contributed by atoms with Crippen LogP contribution in [0.5, 0.6) is 0 Å². The molecule has 0 bridgehead atoms. The monoisotopic (exact) mass is 292 g/mol. The summed E-state index contributed by atoms with van der Waals surface area (Å²) in [6.45, 7) is 5.54. The van der Waals surface area contributed by atoms with Crippen molar-refractivity contribution in [2.24, 2.45) is 0 Å². The highest BCUT2D eigenvalue weighted by molar-refractivity contribution is 5.11. The zero-order valence-electron chi connectivity index (χ0n) is 14.1. The molecule has 1 saturated heterocycles. The van der Waals surface area contributed by atoms with Crippen LogP contribution >= 0.6 is 0 Å². The second-order valence-corrected chi connectivity index (χ2v) is 7.07. The summed E-state index contributed by atoms with van der Waals surface area (Å²) in [6.07, 6.45) is 8.06. The maximum Gasteiger partial charge on any atom is 0.108 e. The zero-order chi connectivity index (χ0) is 15.3. The molecule has 1 saturated carbocycles. The molecule has 2 atom stereocenters. The molecule has 1 heterocycles. The van der Waals surface area contributed by atoms with E-state index in [-0.39, 0.29) is 5.54 Å². The van der Waals surface area contributed by atoms with Gasteiger partial charge in [-0.15, -0.1) is 0 Å². The highest BCUT2D eigenvalue weighted by Crippen LogP contribution is 2.32. The van der Waals surface area contributed by atoms with Gasteiger partial charge in [0.25, 0.3) is 0 Å². The number of hydrogen-bond acceptors (Lipinski definition) is 4. The molecule has 0 amide bonds. The van der Waals surface area contributed by atoms with Crippen molar-refractivity contribution in [2.45, 2.75) is 69.5 Å². The van der Waals surface area contributed by atoms with Gasteiger partial charge in [0.2, 0.25) is 0 Å². The Morgan fingerprint density at radius 2 is 2.00 bits per heavy atom. The number of nitrogens with one attached hydrogen (secondary N) is 1. The number of nitriles is 1. The Morgan fingerprint density at radius 3 is 2.62 bits per heavy atom. The first-order chi connectivity index (χ1) is 10.1. The van der Waals surface area contributed by atoms with E-state index in [1.807, 2.05) is 0 Å². The predicted molar refractivity (Wildman–Crippen MR) is 87.2 cm³/mol. The standard InChI is InChI=1S/C17H32N4/c1-4-10-19-17(14-18)9-5-6-16(13-17)21(3)15-7-11-20(2)12-8-15/h15-16,19H,4-13H2,1-3H3. The molecule has 1 aliphatic carbocycles. The first-order valence-electron chi connectivity index (χ1n) is 8.67. The first kappa shape index (κ1) is 16.7. The van der Waals surface area contributed by atoms with Gasteiger partial charge in [0.05, 0.1) is 6.07 Å². The molecule has 4 nitrogen and oxygen atoms in total. The van der Waals surface area contributed by atoms with Crippen molar-refractivity contribution in [3.8, 4) is 6.07 Å². The van der Waals surface area contributed by atoms with Crippen LogP contribution in [0, 0.1) is 11.3 Å². The van der Waals surface area contributed by atoms with Gasteiger partial charge < -0.3 is 9.80 Å². The Labute approximate surface area is 130 Å². The van der Waals surface area contributed by atoms with Gasteiger partial charge in [0, 0.05) is 12.1 Å². The highest BCUT2D eigenvalue weighted by Gasteiger charge is 2.39. The molecule has 0 aromatic carbocycles. The van der Waals surface area contributed by atoms with E-state index in [9.17, 15) is 5.26 Å². The van der Waals surface area contributed by atoms with Crippen LogP contribution in [-0.4, -0.2) is 61.2 Å². The van der Waals surface area contributed by atoms with E-state index in [0.29, 0.717) is 12.1 Å². The smallest absolute Gasteiger partial charge is 0.108 e. The van der Waals surface area contributed by atoms with Gasteiger partial charge in [-0.05, 0) is 78.7 Å². The SMILES string of the molecule is CCCNC1(C#N)CCCC(N(C)C2CCN(C)CC2)C1. The van der Waals surface area contributed by atoms with Gasteiger partial charge in [-0.3, -0.25) is 5.32 Å². The van der Waals surface area contributed by atoms with Crippen LogP contribution in [0.3, 0.4) is 0 Å². The average Bonchev–Trinajstić information content (AvgIpc) is 2.53. The van der Waals surface area contributed by atoms with Crippen molar-refractivity contribution >= 4 is 0 Å². The van der Waals surface area contributed by atoms with E-state index in [1.165, 1.54) is 38.8 Å². The van der Waals surface area contributed by atoms with Crippen LogP contribution < -0.4 is 5.32 Å². The lowest BCUT2D eigenvalue weighted by Gasteiger charge is -2.45. The van der Waals surface area contributed by atoms with Crippen molar-refractivity contribution in [3.63, 3.8) is 0 Å². The molecule has 2 fully saturated rings. The Morgan fingerprint density at radius 1 is 1.29 bits per heavy atom. The fourth-order valence-electron chi connectivity index (χ4n) is 3.96. The number of rotatable bonds is 5. The van der Waals surface area contributed by atoms with Crippen molar-refractivity contribution in [1.82, 2.24) is 15.1 Å². The molecule has 1 aliphatic heterocycles. The van der Waals surface area contributed by atoms with E-state index in [4.69, 9.17) is 0 Å². The fraction of sp³-hybridized carbons (Fsp3) is 0.941. The van der Waals surface area contributed by atoms with Crippen LogP contribution in [0.1, 0.15) is 51.9 Å². The predicted octanol–water partition coefficient (Wildman–Crippen LogP) is 2.22. The molecule has 4 heteroatoms. The lowest BCUT2D eigenvalue weighted by molar-refractivity contribution is 0.0704. The fourth-order valence-corrected chi connectivity index (χ4v) is 3.96. The zero-order valence-corrected chi connectivity index (χ0v) is 14.1. The summed E-state index contributed by atoms with van der Waals surface area (Å²) in [5.74, 6) is 0. The molecule has 0 aromatic heterocycles. The lowest BCUT2D eigenvalue weighted by atomic mass is 9.78. The molecule has 2 unspecified atom stereocenters. The number of likely N-dealkylation sites (tertiary alicyclic amines) is 1. The van der Waals surface area contributed by atoms with E-state index in [2.05, 4.69) is 42.2 Å².